The monoisotopic (exact) mass is 360 g/mol. The normalized spacial score (nSPS) is 10.8. The van der Waals surface area contributed by atoms with Gasteiger partial charge < -0.3 is 5.32 Å². The molecular weight excluding hydrogens is 348 g/mol. The SMILES string of the molecule is CCc1ccc(C(=O)Nc2cccc3cc(Br)cnc23)s1. The van der Waals surface area contributed by atoms with Crippen LogP contribution in [0.3, 0.4) is 0 Å². The fourth-order valence-corrected chi connectivity index (χ4v) is 3.30. The topological polar surface area (TPSA) is 42.0 Å². The molecule has 2 heterocycles. The number of nitrogens with one attached hydrogen (secondary N) is 1. The van der Waals surface area contributed by atoms with E-state index in [-0.39, 0.29) is 5.91 Å². The van der Waals surface area contributed by atoms with Gasteiger partial charge in [0.2, 0.25) is 0 Å². The molecule has 0 aliphatic carbocycles. The third kappa shape index (κ3) is 2.99. The van der Waals surface area contributed by atoms with Gasteiger partial charge in [-0.25, -0.2) is 0 Å². The van der Waals surface area contributed by atoms with E-state index in [4.69, 9.17) is 0 Å². The van der Waals surface area contributed by atoms with E-state index in [1.54, 1.807) is 6.20 Å². The number of halogens is 1. The highest BCUT2D eigenvalue weighted by atomic mass is 79.9. The van der Waals surface area contributed by atoms with E-state index in [9.17, 15) is 4.79 Å². The number of para-hydroxylation sites is 1. The standard InChI is InChI=1S/C16H13BrN2OS/c1-2-12-6-7-14(21-12)16(20)19-13-5-3-4-10-8-11(17)9-18-15(10)13/h3-9H,2H2,1H3,(H,19,20). The number of hydrogen-bond acceptors (Lipinski definition) is 3. The predicted octanol–water partition coefficient (Wildman–Crippen LogP) is 4.87. The highest BCUT2D eigenvalue weighted by molar-refractivity contribution is 9.10. The number of aryl methyl sites for hydroxylation is 1. The molecular formula is C16H13BrN2OS. The molecule has 1 N–H and O–H groups in total. The van der Waals surface area contributed by atoms with Crippen LogP contribution in [0.15, 0.2) is 47.1 Å². The molecule has 1 aromatic carbocycles. The Morgan fingerprint density at radius 1 is 1.33 bits per heavy atom. The summed E-state index contributed by atoms with van der Waals surface area (Å²) in [7, 11) is 0. The van der Waals surface area contributed by atoms with Crippen LogP contribution in [0.1, 0.15) is 21.5 Å². The average Bonchev–Trinajstić information content (AvgIpc) is 2.96. The summed E-state index contributed by atoms with van der Waals surface area (Å²) in [5.74, 6) is -0.0862. The minimum Gasteiger partial charge on any atom is -0.319 e. The first kappa shape index (κ1) is 14.2. The van der Waals surface area contributed by atoms with Crippen LogP contribution in [0.2, 0.25) is 0 Å². The molecule has 0 radical (unpaired) electrons. The van der Waals surface area contributed by atoms with Crippen LogP contribution in [-0.2, 0) is 6.42 Å². The minimum atomic E-state index is -0.0862. The van der Waals surface area contributed by atoms with Gasteiger partial charge in [-0.3, -0.25) is 9.78 Å². The van der Waals surface area contributed by atoms with Crippen LogP contribution in [0.5, 0.6) is 0 Å². The Morgan fingerprint density at radius 2 is 2.19 bits per heavy atom. The lowest BCUT2D eigenvalue weighted by atomic mass is 10.2. The number of aromatic nitrogens is 1. The van der Waals surface area contributed by atoms with E-state index in [1.807, 2.05) is 36.4 Å². The van der Waals surface area contributed by atoms with E-state index in [2.05, 4.69) is 33.2 Å². The molecule has 106 valence electrons. The van der Waals surface area contributed by atoms with Crippen molar-refractivity contribution in [2.75, 3.05) is 5.32 Å². The summed E-state index contributed by atoms with van der Waals surface area (Å²) < 4.78 is 0.921. The van der Waals surface area contributed by atoms with Crippen molar-refractivity contribution < 1.29 is 4.79 Å². The number of amides is 1. The number of rotatable bonds is 3. The van der Waals surface area contributed by atoms with Crippen LogP contribution < -0.4 is 5.32 Å². The first-order chi connectivity index (χ1) is 10.2. The summed E-state index contributed by atoms with van der Waals surface area (Å²) in [6, 6.07) is 11.6. The molecule has 0 spiro atoms. The second-order valence-corrected chi connectivity index (χ2v) is 6.69. The van der Waals surface area contributed by atoms with Crippen molar-refractivity contribution in [1.29, 1.82) is 0 Å². The molecule has 0 saturated carbocycles. The van der Waals surface area contributed by atoms with Gasteiger partial charge in [0.1, 0.15) is 0 Å². The van der Waals surface area contributed by atoms with E-state index in [0.29, 0.717) is 0 Å². The number of nitrogens with zero attached hydrogens (tertiary/aromatic N) is 1. The van der Waals surface area contributed by atoms with Crippen LogP contribution in [0, 0.1) is 0 Å². The average molecular weight is 361 g/mol. The van der Waals surface area contributed by atoms with E-state index >= 15 is 0 Å². The van der Waals surface area contributed by atoms with E-state index in [0.717, 1.165) is 32.4 Å². The first-order valence-electron chi connectivity index (χ1n) is 6.61. The van der Waals surface area contributed by atoms with Gasteiger partial charge >= 0.3 is 0 Å². The molecule has 0 atom stereocenters. The van der Waals surface area contributed by atoms with Crippen LogP contribution in [0.25, 0.3) is 10.9 Å². The van der Waals surface area contributed by atoms with Crippen molar-refractivity contribution >= 4 is 49.8 Å². The Hall–Kier alpha value is -1.72. The van der Waals surface area contributed by atoms with Gasteiger partial charge in [0.05, 0.1) is 16.1 Å². The lowest BCUT2D eigenvalue weighted by Gasteiger charge is -2.07. The molecule has 0 aliphatic heterocycles. The second kappa shape index (κ2) is 5.95. The van der Waals surface area contributed by atoms with Crippen molar-refractivity contribution in [3.63, 3.8) is 0 Å². The van der Waals surface area contributed by atoms with Gasteiger partial charge in [-0.2, -0.15) is 0 Å². The van der Waals surface area contributed by atoms with Crippen LogP contribution in [-0.4, -0.2) is 10.9 Å². The van der Waals surface area contributed by atoms with Crippen molar-refractivity contribution in [2.45, 2.75) is 13.3 Å². The van der Waals surface area contributed by atoms with Crippen molar-refractivity contribution in [3.8, 4) is 0 Å². The number of carbonyl (C=O) groups excluding carboxylic acids is 1. The number of carbonyl (C=O) groups is 1. The first-order valence-corrected chi connectivity index (χ1v) is 8.22. The largest absolute Gasteiger partial charge is 0.319 e. The van der Waals surface area contributed by atoms with Gasteiger partial charge in [0.15, 0.2) is 0 Å². The number of anilines is 1. The fraction of sp³-hybridized carbons (Fsp3) is 0.125. The molecule has 0 fully saturated rings. The quantitative estimate of drug-likeness (QED) is 0.723. The smallest absolute Gasteiger partial charge is 0.265 e. The lowest BCUT2D eigenvalue weighted by molar-refractivity contribution is 0.103. The Labute approximate surface area is 135 Å². The maximum atomic E-state index is 12.3. The summed E-state index contributed by atoms with van der Waals surface area (Å²) in [5.41, 5.74) is 1.53. The van der Waals surface area contributed by atoms with Gasteiger partial charge in [-0.15, -0.1) is 11.3 Å². The molecule has 21 heavy (non-hydrogen) atoms. The zero-order valence-corrected chi connectivity index (χ0v) is 13.8. The third-order valence-corrected chi connectivity index (χ3v) is 4.82. The maximum absolute atomic E-state index is 12.3. The Morgan fingerprint density at radius 3 is 2.95 bits per heavy atom. The molecule has 0 unspecified atom stereocenters. The molecule has 2 aromatic heterocycles. The van der Waals surface area contributed by atoms with Crippen LogP contribution >= 0.6 is 27.3 Å². The maximum Gasteiger partial charge on any atom is 0.265 e. The number of pyridine rings is 1. The molecule has 1 amide bonds. The third-order valence-electron chi connectivity index (χ3n) is 3.16. The summed E-state index contributed by atoms with van der Waals surface area (Å²) >= 11 is 4.94. The number of fused-ring (bicyclic) bond motifs is 1. The van der Waals surface area contributed by atoms with E-state index in [1.165, 1.54) is 16.2 Å². The van der Waals surface area contributed by atoms with Crippen molar-refractivity contribution in [3.05, 3.63) is 56.8 Å². The Balaban J connectivity index is 1.92. The molecule has 0 bridgehead atoms. The van der Waals surface area contributed by atoms with Crippen LogP contribution in [0.4, 0.5) is 5.69 Å². The summed E-state index contributed by atoms with van der Waals surface area (Å²) in [6.07, 6.45) is 2.68. The summed E-state index contributed by atoms with van der Waals surface area (Å²) in [5, 5.41) is 3.94. The summed E-state index contributed by atoms with van der Waals surface area (Å²) in [6.45, 7) is 2.08. The zero-order chi connectivity index (χ0) is 14.8. The molecule has 3 nitrogen and oxygen atoms in total. The highest BCUT2D eigenvalue weighted by Crippen LogP contribution is 2.25. The second-order valence-electron chi connectivity index (χ2n) is 4.60. The van der Waals surface area contributed by atoms with Crippen molar-refractivity contribution in [1.82, 2.24) is 4.98 Å². The van der Waals surface area contributed by atoms with Crippen molar-refractivity contribution in [2.24, 2.45) is 0 Å². The van der Waals surface area contributed by atoms with Gasteiger partial charge in [-0.05, 0) is 46.6 Å². The highest BCUT2D eigenvalue weighted by Gasteiger charge is 2.11. The van der Waals surface area contributed by atoms with Gasteiger partial charge in [0, 0.05) is 20.9 Å². The number of hydrogen-bond donors (Lipinski definition) is 1. The number of benzene rings is 1. The van der Waals surface area contributed by atoms with Gasteiger partial charge in [-0.1, -0.05) is 19.1 Å². The van der Waals surface area contributed by atoms with E-state index < -0.39 is 0 Å². The molecule has 3 aromatic rings. The Kier molecular flexibility index (Phi) is 4.03. The summed E-state index contributed by atoms with van der Waals surface area (Å²) in [4.78, 5) is 18.6. The lowest BCUT2D eigenvalue weighted by Crippen LogP contribution is -2.10. The molecule has 5 heteroatoms. The molecule has 0 saturated heterocycles. The zero-order valence-electron chi connectivity index (χ0n) is 11.4. The minimum absolute atomic E-state index is 0.0862. The predicted molar refractivity (Wildman–Crippen MR) is 91.1 cm³/mol. The molecule has 0 aliphatic rings. The Bertz CT molecular complexity index is 813. The van der Waals surface area contributed by atoms with Gasteiger partial charge in [0.25, 0.3) is 5.91 Å². The molecule has 3 rings (SSSR count). The fourth-order valence-electron chi connectivity index (χ4n) is 2.11. The number of thiophene rings is 1.